The number of aromatic nitrogens is 4. The molecule has 7 heteroatoms. The molecule has 0 radical (unpaired) electrons. The van der Waals surface area contributed by atoms with Gasteiger partial charge in [-0.25, -0.2) is 9.97 Å². The standard InChI is InChI=1S/C17H17N5O2/c1-11(2)14-9-12(19-17(18)20-14)7-8-13-10-21(23)15-5-3-4-6-16(15)22(13)24/h3-11H,1-2H3,(H2,18,19,20)/b8-7+. The van der Waals surface area contributed by atoms with Crippen LogP contribution in [0.1, 0.15) is 36.8 Å². The lowest BCUT2D eigenvalue weighted by atomic mass is 10.1. The zero-order valence-electron chi connectivity index (χ0n) is 13.4. The van der Waals surface area contributed by atoms with Gasteiger partial charge in [0.25, 0.3) is 22.9 Å². The SMILES string of the molecule is CC(C)c1cc(/C=C/c2c[n+]([O-])c3ccccc3[n+]2[O-])nc(N)n1. The van der Waals surface area contributed by atoms with Gasteiger partial charge in [0.1, 0.15) is 0 Å². The van der Waals surface area contributed by atoms with E-state index in [0.29, 0.717) is 26.2 Å². The van der Waals surface area contributed by atoms with Crippen LogP contribution >= 0.6 is 0 Å². The molecule has 2 aromatic heterocycles. The predicted molar refractivity (Wildman–Crippen MR) is 91.3 cm³/mol. The Labute approximate surface area is 138 Å². The van der Waals surface area contributed by atoms with Crippen LogP contribution in [0.4, 0.5) is 5.95 Å². The molecule has 2 N–H and O–H groups in total. The molecule has 0 aliphatic heterocycles. The molecule has 0 fully saturated rings. The lowest BCUT2D eigenvalue weighted by molar-refractivity contribution is -0.630. The molecule has 0 atom stereocenters. The van der Waals surface area contributed by atoms with Gasteiger partial charge < -0.3 is 16.1 Å². The van der Waals surface area contributed by atoms with Gasteiger partial charge in [-0.15, -0.1) is 0 Å². The smallest absolute Gasteiger partial charge is 0.290 e. The van der Waals surface area contributed by atoms with Gasteiger partial charge in [-0.2, -0.15) is 9.46 Å². The number of rotatable bonds is 3. The second-order valence-corrected chi connectivity index (χ2v) is 5.73. The van der Waals surface area contributed by atoms with E-state index in [9.17, 15) is 10.4 Å². The van der Waals surface area contributed by atoms with Crippen molar-refractivity contribution in [1.82, 2.24) is 9.97 Å². The molecule has 0 aliphatic carbocycles. The Bertz CT molecular complexity index is 938. The molecule has 0 unspecified atom stereocenters. The summed E-state index contributed by atoms with van der Waals surface area (Å²) in [5, 5.41) is 24.4. The number of hydrogen-bond donors (Lipinski definition) is 1. The molecule has 0 amide bonds. The van der Waals surface area contributed by atoms with E-state index < -0.39 is 0 Å². The molecule has 0 saturated carbocycles. The lowest BCUT2D eigenvalue weighted by Gasteiger charge is -2.06. The monoisotopic (exact) mass is 323 g/mol. The minimum absolute atomic E-state index is 0.174. The third-order valence-corrected chi connectivity index (χ3v) is 3.62. The summed E-state index contributed by atoms with van der Waals surface area (Å²) >= 11 is 0. The van der Waals surface area contributed by atoms with E-state index in [-0.39, 0.29) is 17.6 Å². The molecule has 0 spiro atoms. The molecule has 1 aromatic carbocycles. The average molecular weight is 323 g/mol. The fourth-order valence-corrected chi connectivity index (χ4v) is 2.37. The van der Waals surface area contributed by atoms with Gasteiger partial charge >= 0.3 is 0 Å². The van der Waals surface area contributed by atoms with Crippen molar-refractivity contribution in [3.05, 3.63) is 64.0 Å². The van der Waals surface area contributed by atoms with E-state index in [1.54, 1.807) is 42.5 Å². The van der Waals surface area contributed by atoms with Gasteiger partial charge in [0.15, 0.2) is 0 Å². The molecule has 7 nitrogen and oxygen atoms in total. The van der Waals surface area contributed by atoms with Crippen LogP contribution in [0.15, 0.2) is 36.5 Å². The van der Waals surface area contributed by atoms with Crippen molar-refractivity contribution in [3.8, 4) is 0 Å². The van der Waals surface area contributed by atoms with Crippen LogP contribution in [0.5, 0.6) is 0 Å². The van der Waals surface area contributed by atoms with Gasteiger partial charge in [0.2, 0.25) is 5.95 Å². The van der Waals surface area contributed by atoms with Crippen LogP contribution in [0.25, 0.3) is 23.2 Å². The molecule has 122 valence electrons. The van der Waals surface area contributed by atoms with Crippen molar-refractivity contribution in [2.75, 3.05) is 5.73 Å². The highest BCUT2D eigenvalue weighted by Crippen LogP contribution is 2.15. The number of benzene rings is 1. The molecular formula is C17H17N5O2. The molecular weight excluding hydrogens is 306 g/mol. The lowest BCUT2D eigenvalue weighted by Crippen LogP contribution is -2.40. The zero-order chi connectivity index (χ0) is 17.3. The highest BCUT2D eigenvalue weighted by molar-refractivity contribution is 5.70. The highest BCUT2D eigenvalue weighted by atomic mass is 16.5. The quantitative estimate of drug-likeness (QED) is 0.584. The second-order valence-electron chi connectivity index (χ2n) is 5.73. The molecule has 2 heterocycles. The summed E-state index contributed by atoms with van der Waals surface area (Å²) in [5.74, 6) is 0.379. The van der Waals surface area contributed by atoms with E-state index in [1.807, 2.05) is 13.8 Å². The summed E-state index contributed by atoms with van der Waals surface area (Å²) in [5.41, 5.74) is 7.95. The van der Waals surface area contributed by atoms with Crippen LogP contribution in [0.3, 0.4) is 0 Å². The van der Waals surface area contributed by atoms with Crippen LogP contribution < -0.4 is 15.2 Å². The van der Waals surface area contributed by atoms with Gasteiger partial charge in [0, 0.05) is 23.9 Å². The third-order valence-electron chi connectivity index (χ3n) is 3.62. The van der Waals surface area contributed by atoms with Crippen LogP contribution in [-0.4, -0.2) is 9.97 Å². The van der Waals surface area contributed by atoms with Crippen LogP contribution in [-0.2, 0) is 0 Å². The summed E-state index contributed by atoms with van der Waals surface area (Å²) in [6, 6.07) is 8.43. The van der Waals surface area contributed by atoms with Crippen molar-refractivity contribution in [2.24, 2.45) is 0 Å². The fraction of sp³-hybridized carbons (Fsp3) is 0.176. The fourth-order valence-electron chi connectivity index (χ4n) is 2.37. The minimum Gasteiger partial charge on any atom is -0.618 e. The number of fused-ring (bicyclic) bond motifs is 1. The normalized spacial score (nSPS) is 11.6. The Morgan fingerprint density at radius 1 is 1.08 bits per heavy atom. The highest BCUT2D eigenvalue weighted by Gasteiger charge is 2.16. The Morgan fingerprint density at radius 2 is 1.79 bits per heavy atom. The van der Waals surface area contributed by atoms with Crippen LogP contribution in [0.2, 0.25) is 0 Å². The van der Waals surface area contributed by atoms with Gasteiger partial charge in [-0.05, 0) is 18.1 Å². The topological polar surface area (TPSA) is 106 Å². The largest absolute Gasteiger partial charge is 0.618 e. The van der Waals surface area contributed by atoms with Gasteiger partial charge in [-0.1, -0.05) is 26.0 Å². The van der Waals surface area contributed by atoms with E-state index in [2.05, 4.69) is 9.97 Å². The van der Waals surface area contributed by atoms with E-state index in [0.717, 1.165) is 5.69 Å². The molecule has 0 aliphatic rings. The maximum absolute atomic E-state index is 12.4. The van der Waals surface area contributed by atoms with Gasteiger partial charge in [0.05, 0.1) is 5.69 Å². The summed E-state index contributed by atoms with van der Waals surface area (Å²) in [7, 11) is 0. The van der Waals surface area contributed by atoms with Crippen molar-refractivity contribution >= 4 is 29.1 Å². The number of para-hydroxylation sites is 2. The molecule has 0 saturated heterocycles. The first kappa shape index (κ1) is 15.7. The Morgan fingerprint density at radius 3 is 2.50 bits per heavy atom. The van der Waals surface area contributed by atoms with Crippen molar-refractivity contribution in [2.45, 2.75) is 19.8 Å². The Hall–Kier alpha value is -3.22. The zero-order valence-corrected chi connectivity index (χ0v) is 13.4. The number of hydrogen-bond acceptors (Lipinski definition) is 5. The third kappa shape index (κ3) is 2.96. The summed E-state index contributed by atoms with van der Waals surface area (Å²) in [4.78, 5) is 8.30. The van der Waals surface area contributed by atoms with E-state index in [4.69, 9.17) is 5.73 Å². The number of nitrogens with zero attached hydrogens (tertiary/aromatic N) is 4. The minimum atomic E-state index is 0.174. The van der Waals surface area contributed by atoms with Crippen molar-refractivity contribution in [1.29, 1.82) is 0 Å². The molecule has 24 heavy (non-hydrogen) atoms. The van der Waals surface area contributed by atoms with E-state index in [1.165, 1.54) is 6.20 Å². The number of anilines is 1. The molecule has 3 aromatic rings. The second kappa shape index (κ2) is 6.11. The van der Waals surface area contributed by atoms with Crippen molar-refractivity contribution in [3.63, 3.8) is 0 Å². The van der Waals surface area contributed by atoms with E-state index >= 15 is 0 Å². The summed E-state index contributed by atoms with van der Waals surface area (Å²) in [6.07, 6.45) is 4.42. The Kier molecular flexibility index (Phi) is 3.99. The first-order valence-electron chi connectivity index (χ1n) is 7.52. The number of nitrogen functional groups attached to an aromatic ring is 1. The van der Waals surface area contributed by atoms with Crippen molar-refractivity contribution < 1.29 is 9.46 Å². The maximum Gasteiger partial charge on any atom is 0.290 e. The predicted octanol–water partition coefficient (Wildman–Crippen LogP) is 1.77. The average Bonchev–Trinajstić information content (AvgIpc) is 2.56. The molecule has 0 bridgehead atoms. The first-order valence-corrected chi connectivity index (χ1v) is 7.52. The summed E-state index contributed by atoms with van der Waals surface area (Å²) in [6.45, 7) is 4.01. The Balaban J connectivity index is 2.04. The summed E-state index contributed by atoms with van der Waals surface area (Å²) < 4.78 is 1.39. The maximum atomic E-state index is 12.4. The van der Waals surface area contributed by atoms with Gasteiger partial charge in [-0.3, -0.25) is 0 Å². The number of nitrogens with two attached hydrogens (primary N) is 1. The molecule has 3 rings (SSSR count). The van der Waals surface area contributed by atoms with Crippen LogP contribution in [0, 0.1) is 10.4 Å². The first-order chi connectivity index (χ1) is 11.5.